The van der Waals surface area contributed by atoms with Crippen molar-refractivity contribution in [1.29, 1.82) is 0 Å². The van der Waals surface area contributed by atoms with Gasteiger partial charge in [0.1, 0.15) is 5.75 Å². The number of ether oxygens (including phenoxy) is 1. The summed E-state index contributed by atoms with van der Waals surface area (Å²) in [7, 11) is 0. The van der Waals surface area contributed by atoms with E-state index in [0.29, 0.717) is 23.4 Å². The Balaban J connectivity index is 1.06. The molecule has 0 spiro atoms. The number of halogens is 3. The zero-order chi connectivity index (χ0) is 28.2. The van der Waals surface area contributed by atoms with Crippen LogP contribution in [-0.2, 0) is 0 Å². The van der Waals surface area contributed by atoms with Gasteiger partial charge in [-0.3, -0.25) is 0 Å². The highest BCUT2D eigenvalue weighted by Crippen LogP contribution is 2.30. The second kappa shape index (κ2) is 11.9. The summed E-state index contributed by atoms with van der Waals surface area (Å²) in [6, 6.07) is 17.3. The van der Waals surface area contributed by atoms with E-state index >= 15 is 0 Å². The summed E-state index contributed by atoms with van der Waals surface area (Å²) in [5, 5.41) is 11.7. The van der Waals surface area contributed by atoms with Gasteiger partial charge in [0.2, 0.25) is 0 Å². The topological polar surface area (TPSA) is 80.4 Å². The van der Waals surface area contributed by atoms with Crippen molar-refractivity contribution in [3.8, 4) is 22.8 Å². The van der Waals surface area contributed by atoms with Gasteiger partial charge in [-0.05, 0) is 80.3 Å². The number of aromatic nitrogens is 3. The van der Waals surface area contributed by atoms with Gasteiger partial charge in [0.15, 0.2) is 5.76 Å². The van der Waals surface area contributed by atoms with Crippen molar-refractivity contribution in [3.63, 3.8) is 0 Å². The molecule has 41 heavy (non-hydrogen) atoms. The molecule has 2 aliphatic rings. The summed E-state index contributed by atoms with van der Waals surface area (Å²) in [5.41, 5.74) is 2.89. The van der Waals surface area contributed by atoms with E-state index in [1.54, 1.807) is 12.4 Å². The van der Waals surface area contributed by atoms with E-state index in [-0.39, 0.29) is 17.8 Å². The summed E-state index contributed by atoms with van der Waals surface area (Å²) in [5.74, 6) is 0.204. The first-order valence-corrected chi connectivity index (χ1v) is 14.1. The van der Waals surface area contributed by atoms with Gasteiger partial charge < -0.3 is 24.7 Å². The summed E-state index contributed by atoms with van der Waals surface area (Å²) >= 11 is 0. The molecule has 11 heteroatoms. The number of hydrogen-bond acceptors (Lipinski definition) is 7. The lowest BCUT2D eigenvalue weighted by atomic mass is 9.89. The van der Waals surface area contributed by atoms with Crippen LogP contribution in [0.1, 0.15) is 38.5 Å². The van der Waals surface area contributed by atoms with Gasteiger partial charge in [-0.15, -0.1) is 13.2 Å². The van der Waals surface area contributed by atoms with Crippen molar-refractivity contribution in [2.45, 2.75) is 63.0 Å². The van der Waals surface area contributed by atoms with E-state index in [2.05, 4.69) is 54.6 Å². The van der Waals surface area contributed by atoms with Crippen molar-refractivity contribution in [3.05, 3.63) is 73.2 Å². The molecule has 2 aromatic carbocycles. The largest absolute Gasteiger partial charge is 0.573 e. The Labute approximate surface area is 236 Å². The van der Waals surface area contributed by atoms with E-state index in [1.165, 1.54) is 36.4 Å². The fourth-order valence-corrected chi connectivity index (χ4v) is 5.85. The van der Waals surface area contributed by atoms with Crippen LogP contribution in [-0.4, -0.2) is 52.3 Å². The fourth-order valence-electron chi connectivity index (χ4n) is 5.85. The molecule has 1 saturated carbocycles. The Bertz CT molecular complexity index is 1390. The van der Waals surface area contributed by atoms with Gasteiger partial charge in [-0.1, -0.05) is 12.8 Å². The van der Waals surface area contributed by atoms with Gasteiger partial charge in [-0.2, -0.15) is 5.10 Å². The number of nitrogens with zero attached hydrogens (tertiary/aromatic N) is 4. The molecule has 2 unspecified atom stereocenters. The van der Waals surface area contributed by atoms with Gasteiger partial charge in [0.05, 0.1) is 11.9 Å². The van der Waals surface area contributed by atoms with Crippen LogP contribution >= 0.6 is 0 Å². The zero-order valence-corrected chi connectivity index (χ0v) is 22.6. The molecule has 6 rings (SSSR count). The van der Waals surface area contributed by atoms with Crippen molar-refractivity contribution in [1.82, 2.24) is 20.1 Å². The van der Waals surface area contributed by atoms with Crippen LogP contribution in [0.2, 0.25) is 0 Å². The summed E-state index contributed by atoms with van der Waals surface area (Å²) < 4.78 is 49.1. The van der Waals surface area contributed by atoms with Crippen LogP contribution in [0.15, 0.2) is 77.6 Å². The molecule has 0 bridgehead atoms. The highest BCUT2D eigenvalue weighted by atomic mass is 19.4. The van der Waals surface area contributed by atoms with Crippen molar-refractivity contribution >= 4 is 11.7 Å². The molecule has 2 fully saturated rings. The van der Waals surface area contributed by atoms with Crippen LogP contribution in [0.3, 0.4) is 0 Å². The maximum Gasteiger partial charge on any atom is 0.573 e. The number of rotatable bonds is 8. The van der Waals surface area contributed by atoms with Crippen LogP contribution in [0, 0.1) is 0 Å². The molecular formula is C30H33F3N6O2. The molecule has 3 heterocycles. The van der Waals surface area contributed by atoms with E-state index in [0.717, 1.165) is 50.9 Å². The first-order valence-electron chi connectivity index (χ1n) is 14.1. The Morgan fingerprint density at radius 1 is 0.902 bits per heavy atom. The third-order valence-electron chi connectivity index (χ3n) is 7.81. The quantitative estimate of drug-likeness (QED) is 0.255. The van der Waals surface area contributed by atoms with Gasteiger partial charge in [-0.25, -0.2) is 9.67 Å². The number of anilines is 2. The molecule has 2 N–H and O–H groups in total. The van der Waals surface area contributed by atoms with Crippen molar-refractivity contribution in [2.75, 3.05) is 23.3 Å². The molecule has 3 atom stereocenters. The molecule has 1 aliphatic carbocycles. The van der Waals surface area contributed by atoms with Gasteiger partial charge in [0, 0.05) is 54.9 Å². The maximum atomic E-state index is 12.5. The Morgan fingerprint density at radius 3 is 2.39 bits per heavy atom. The molecule has 2 aromatic heterocycles. The van der Waals surface area contributed by atoms with E-state index in [9.17, 15) is 13.2 Å². The lowest BCUT2D eigenvalue weighted by Gasteiger charge is -2.40. The summed E-state index contributed by atoms with van der Waals surface area (Å²) in [6.07, 6.45) is 7.21. The maximum absolute atomic E-state index is 12.5. The minimum Gasteiger partial charge on any atom is -0.424 e. The Morgan fingerprint density at radius 2 is 1.66 bits per heavy atom. The van der Waals surface area contributed by atoms with Crippen LogP contribution in [0.4, 0.5) is 24.9 Å². The fraction of sp³-hybridized carbons (Fsp3) is 0.400. The predicted octanol–water partition coefficient (Wildman–Crippen LogP) is 6.41. The van der Waals surface area contributed by atoms with Crippen LogP contribution in [0.25, 0.3) is 17.0 Å². The minimum absolute atomic E-state index is 0.168. The molecule has 1 saturated heterocycles. The first kappa shape index (κ1) is 27.2. The molecule has 216 valence electrons. The predicted molar refractivity (Wildman–Crippen MR) is 150 cm³/mol. The third kappa shape index (κ3) is 6.84. The third-order valence-corrected chi connectivity index (χ3v) is 7.81. The lowest BCUT2D eigenvalue weighted by molar-refractivity contribution is -0.274. The standard InChI is InChI=1S/C30H33F3N6O2/c31-30(32,33)41-25-14-8-21(9-15-25)28-19-34-29(40-28)37-27-7-2-1-6-26(27)36-22-5-3-17-38(20-22)23-10-12-24(13-11-23)39-18-4-16-35-39/h4,8-16,18-19,22,26-27,36H,1-3,5-7,17,20H2,(H,34,37)/t22-,26?,27?/m0/s1. The van der Waals surface area contributed by atoms with Crippen LogP contribution < -0.4 is 20.3 Å². The number of oxazole rings is 1. The normalized spacial score (nSPS) is 21.5. The highest BCUT2D eigenvalue weighted by Gasteiger charge is 2.32. The smallest absolute Gasteiger partial charge is 0.424 e. The van der Waals surface area contributed by atoms with E-state index < -0.39 is 6.36 Å². The highest BCUT2D eigenvalue weighted by molar-refractivity contribution is 5.58. The van der Waals surface area contributed by atoms with Gasteiger partial charge in [0.25, 0.3) is 6.01 Å². The molecule has 0 amide bonds. The number of alkyl halides is 3. The number of nitrogens with one attached hydrogen (secondary N) is 2. The first-order chi connectivity index (χ1) is 19.9. The molecule has 4 aromatic rings. The molecule has 8 nitrogen and oxygen atoms in total. The molecular weight excluding hydrogens is 533 g/mol. The van der Waals surface area contributed by atoms with Crippen molar-refractivity contribution < 1.29 is 22.3 Å². The second-order valence-electron chi connectivity index (χ2n) is 10.7. The summed E-state index contributed by atoms with van der Waals surface area (Å²) in [4.78, 5) is 6.84. The van der Waals surface area contributed by atoms with Crippen molar-refractivity contribution in [2.24, 2.45) is 0 Å². The minimum atomic E-state index is -4.72. The Kier molecular flexibility index (Phi) is 7.86. The SMILES string of the molecule is FC(F)(F)Oc1ccc(-c2cnc(NC3CCCCC3N[C@H]3CCCN(c4ccc(-n5cccn5)cc4)C3)o2)cc1. The molecule has 1 aliphatic heterocycles. The van der Waals surface area contributed by atoms with Gasteiger partial charge >= 0.3 is 6.36 Å². The Hall–Kier alpha value is -3.99. The number of piperidine rings is 1. The second-order valence-corrected chi connectivity index (χ2v) is 10.7. The zero-order valence-electron chi connectivity index (χ0n) is 22.6. The average molecular weight is 567 g/mol. The lowest BCUT2D eigenvalue weighted by Crippen LogP contribution is -2.54. The van der Waals surface area contributed by atoms with Crippen LogP contribution in [0.5, 0.6) is 5.75 Å². The molecule has 0 radical (unpaired) electrons. The number of benzene rings is 2. The van der Waals surface area contributed by atoms with E-state index in [1.807, 2.05) is 16.9 Å². The average Bonchev–Trinajstić information content (AvgIpc) is 3.67. The monoisotopic (exact) mass is 566 g/mol. The van der Waals surface area contributed by atoms with E-state index in [4.69, 9.17) is 4.42 Å². The number of hydrogen-bond donors (Lipinski definition) is 2. The summed E-state index contributed by atoms with van der Waals surface area (Å²) in [6.45, 7) is 1.98.